The third-order valence-corrected chi connectivity index (χ3v) is 9.38. The molecule has 3 heteroatoms. The van der Waals surface area contributed by atoms with Crippen molar-refractivity contribution in [2.75, 3.05) is 6.16 Å². The van der Waals surface area contributed by atoms with E-state index in [2.05, 4.69) is 127 Å². The number of rotatable bonds is 8. The van der Waals surface area contributed by atoms with Gasteiger partial charge in [-0.25, -0.2) is 4.98 Å². The molecule has 0 saturated carbocycles. The number of thiazole rings is 1. The Morgan fingerprint density at radius 2 is 1.15 bits per heavy atom. The molecule has 0 radical (unpaired) electrons. The van der Waals surface area contributed by atoms with E-state index in [9.17, 15) is 0 Å². The third-order valence-electron chi connectivity index (χ3n) is 5.82. The van der Waals surface area contributed by atoms with Gasteiger partial charge in [-0.2, -0.15) is 0 Å². The highest BCUT2D eigenvalue weighted by Crippen LogP contribution is 2.41. The van der Waals surface area contributed by atoms with Crippen LogP contribution in [0.3, 0.4) is 0 Å². The third kappa shape index (κ3) is 5.47. The van der Waals surface area contributed by atoms with Crippen molar-refractivity contribution in [3.8, 4) is 10.6 Å². The van der Waals surface area contributed by atoms with Gasteiger partial charge in [0, 0.05) is 16.9 Å². The fraction of sp³-hybridized carbons (Fsp3) is 0.100. The lowest BCUT2D eigenvalue weighted by Gasteiger charge is -2.24. The lowest BCUT2D eigenvalue weighted by atomic mass is 9.98. The Balaban J connectivity index is 1.51. The van der Waals surface area contributed by atoms with E-state index in [1.165, 1.54) is 27.4 Å². The Morgan fingerprint density at radius 1 is 0.636 bits per heavy atom. The van der Waals surface area contributed by atoms with E-state index in [0.717, 1.165) is 17.6 Å². The molecule has 5 aromatic rings. The molecule has 1 aromatic heterocycles. The maximum Gasteiger partial charge on any atom is 0.123 e. The summed E-state index contributed by atoms with van der Waals surface area (Å²) in [5.41, 5.74) is 3.77. The van der Waals surface area contributed by atoms with Gasteiger partial charge in [0.2, 0.25) is 0 Å². The molecule has 0 aliphatic rings. The van der Waals surface area contributed by atoms with Gasteiger partial charge in [0.1, 0.15) is 5.01 Å². The van der Waals surface area contributed by atoms with Gasteiger partial charge in [0.25, 0.3) is 0 Å². The van der Waals surface area contributed by atoms with Gasteiger partial charge in [0.15, 0.2) is 0 Å². The Hall–Kier alpha value is -3.06. The molecular weight excluding hydrogens is 437 g/mol. The highest BCUT2D eigenvalue weighted by atomic mass is 32.1. The average molecular weight is 464 g/mol. The lowest BCUT2D eigenvalue weighted by Crippen LogP contribution is -2.19. The van der Waals surface area contributed by atoms with Crippen LogP contribution in [0.1, 0.15) is 17.2 Å². The monoisotopic (exact) mass is 463 g/mol. The van der Waals surface area contributed by atoms with E-state index in [0.29, 0.717) is 5.92 Å². The van der Waals surface area contributed by atoms with Crippen molar-refractivity contribution in [2.45, 2.75) is 12.3 Å². The molecule has 0 fully saturated rings. The molecule has 1 atom stereocenters. The second-order valence-corrected chi connectivity index (χ2v) is 11.2. The summed E-state index contributed by atoms with van der Waals surface area (Å²) in [6.45, 7) is 0. The zero-order valence-corrected chi connectivity index (χ0v) is 20.1. The molecule has 1 heterocycles. The van der Waals surface area contributed by atoms with Crippen LogP contribution in [0.5, 0.6) is 0 Å². The summed E-state index contributed by atoms with van der Waals surface area (Å²) in [5.74, 6) is 0.354. The Labute approximate surface area is 201 Å². The summed E-state index contributed by atoms with van der Waals surface area (Å²) in [6.07, 6.45) is 2.08. The van der Waals surface area contributed by atoms with Crippen LogP contribution in [-0.4, -0.2) is 11.1 Å². The molecule has 0 spiro atoms. The molecule has 0 amide bonds. The van der Waals surface area contributed by atoms with Crippen molar-refractivity contribution in [3.63, 3.8) is 0 Å². The van der Waals surface area contributed by atoms with Crippen LogP contribution in [-0.2, 0) is 6.42 Å². The van der Waals surface area contributed by atoms with Gasteiger partial charge in [-0.3, -0.25) is 0 Å². The summed E-state index contributed by atoms with van der Waals surface area (Å²) in [4.78, 5) is 5.15. The number of nitrogens with zero attached hydrogens (tertiary/aromatic N) is 1. The van der Waals surface area contributed by atoms with E-state index in [-0.39, 0.29) is 0 Å². The Kier molecular flexibility index (Phi) is 7.06. The number of hydrogen-bond acceptors (Lipinski definition) is 2. The first-order valence-corrected chi connectivity index (χ1v) is 13.7. The predicted octanol–water partition coefficient (Wildman–Crippen LogP) is 7.27. The fourth-order valence-electron chi connectivity index (χ4n) is 4.14. The molecule has 5 rings (SSSR count). The number of aromatic nitrogens is 1. The van der Waals surface area contributed by atoms with E-state index in [1.807, 2.05) is 0 Å². The van der Waals surface area contributed by atoms with Gasteiger partial charge < -0.3 is 0 Å². The average Bonchev–Trinajstić information content (AvgIpc) is 3.39. The van der Waals surface area contributed by atoms with Crippen LogP contribution in [0.15, 0.2) is 127 Å². The lowest BCUT2D eigenvalue weighted by molar-refractivity contribution is 0.746. The van der Waals surface area contributed by atoms with Crippen molar-refractivity contribution >= 4 is 29.9 Å². The normalized spacial score (nSPS) is 12.0. The van der Waals surface area contributed by atoms with Crippen molar-refractivity contribution < 1.29 is 0 Å². The summed E-state index contributed by atoms with van der Waals surface area (Å²) in [6, 6.07) is 43.4. The Bertz CT molecular complexity index is 1210. The summed E-state index contributed by atoms with van der Waals surface area (Å²) in [7, 11) is -0.490. The first-order chi connectivity index (χ1) is 16.4. The second-order valence-electron chi connectivity index (χ2n) is 8.11. The maximum atomic E-state index is 5.15. The van der Waals surface area contributed by atoms with Crippen LogP contribution in [0.2, 0.25) is 0 Å². The molecule has 4 aromatic carbocycles. The minimum Gasteiger partial charge on any atom is -0.241 e. The SMILES string of the molecule is c1ccc(C[C@@H](CP(c2ccccc2)c2ccccc2)c2csc(-c3ccccc3)n2)cc1. The molecule has 0 aliphatic carbocycles. The summed E-state index contributed by atoms with van der Waals surface area (Å²) < 4.78 is 0. The largest absolute Gasteiger partial charge is 0.241 e. The smallest absolute Gasteiger partial charge is 0.123 e. The van der Waals surface area contributed by atoms with Crippen LogP contribution < -0.4 is 10.6 Å². The van der Waals surface area contributed by atoms with Gasteiger partial charge in [-0.15, -0.1) is 11.3 Å². The first-order valence-electron chi connectivity index (χ1n) is 11.3. The van der Waals surface area contributed by atoms with E-state index in [4.69, 9.17) is 4.98 Å². The van der Waals surface area contributed by atoms with Crippen molar-refractivity contribution in [3.05, 3.63) is 138 Å². The van der Waals surface area contributed by atoms with Crippen LogP contribution >= 0.6 is 19.3 Å². The van der Waals surface area contributed by atoms with Crippen LogP contribution in [0.4, 0.5) is 0 Å². The molecule has 33 heavy (non-hydrogen) atoms. The van der Waals surface area contributed by atoms with Crippen LogP contribution in [0.25, 0.3) is 10.6 Å². The predicted molar refractivity (Wildman–Crippen MR) is 144 cm³/mol. The van der Waals surface area contributed by atoms with Gasteiger partial charge >= 0.3 is 0 Å². The number of hydrogen-bond donors (Lipinski definition) is 0. The van der Waals surface area contributed by atoms with E-state index in [1.54, 1.807) is 11.3 Å². The fourth-order valence-corrected chi connectivity index (χ4v) is 7.59. The van der Waals surface area contributed by atoms with E-state index < -0.39 is 7.92 Å². The first kappa shape index (κ1) is 21.8. The standard InChI is InChI=1S/C30H26NPS/c1-5-13-24(14-6-1)21-26(29-23-33-30(31-29)25-15-7-2-8-16-25)22-32(27-17-9-3-10-18-27)28-19-11-4-12-20-28/h1-20,23,26H,21-22H2/t26-/m0/s1. The van der Waals surface area contributed by atoms with Crippen molar-refractivity contribution in [1.82, 2.24) is 4.98 Å². The van der Waals surface area contributed by atoms with Gasteiger partial charge in [-0.1, -0.05) is 121 Å². The van der Waals surface area contributed by atoms with Gasteiger partial charge in [-0.05, 0) is 36.7 Å². The molecule has 0 unspecified atom stereocenters. The van der Waals surface area contributed by atoms with Crippen molar-refractivity contribution in [2.24, 2.45) is 0 Å². The van der Waals surface area contributed by atoms with Gasteiger partial charge in [0.05, 0.1) is 5.69 Å². The molecular formula is C30H26NPS. The minimum absolute atomic E-state index is 0.354. The van der Waals surface area contributed by atoms with E-state index >= 15 is 0 Å². The maximum absolute atomic E-state index is 5.15. The highest BCUT2D eigenvalue weighted by Gasteiger charge is 2.23. The van der Waals surface area contributed by atoms with Crippen molar-refractivity contribution in [1.29, 1.82) is 0 Å². The quantitative estimate of drug-likeness (QED) is 0.221. The summed E-state index contributed by atoms with van der Waals surface area (Å²) >= 11 is 1.76. The molecule has 1 nitrogen and oxygen atoms in total. The highest BCUT2D eigenvalue weighted by molar-refractivity contribution is 7.73. The topological polar surface area (TPSA) is 12.9 Å². The molecule has 0 bridgehead atoms. The minimum atomic E-state index is -0.490. The molecule has 0 aliphatic heterocycles. The zero-order valence-electron chi connectivity index (χ0n) is 18.4. The Morgan fingerprint density at radius 3 is 1.73 bits per heavy atom. The zero-order chi connectivity index (χ0) is 22.3. The molecule has 162 valence electrons. The number of benzene rings is 4. The summed E-state index contributed by atoms with van der Waals surface area (Å²) in [5, 5.41) is 6.23. The van der Waals surface area contributed by atoms with Crippen LogP contribution in [0, 0.1) is 0 Å². The molecule has 0 saturated heterocycles. The molecule has 0 N–H and O–H groups in total. The second kappa shape index (κ2) is 10.7.